The fraction of sp³-hybridized carbons (Fsp3) is 0.750. The third-order valence-electron chi connectivity index (χ3n) is 5.13. The van der Waals surface area contributed by atoms with E-state index in [0.717, 1.165) is 32.2 Å². The molecule has 2 heterocycles. The Balaban J connectivity index is 1.76. The molecule has 1 saturated carbocycles. The molecule has 1 atom stereocenters. The highest BCUT2D eigenvalue weighted by Crippen LogP contribution is 2.32. The van der Waals surface area contributed by atoms with Crippen LogP contribution >= 0.6 is 0 Å². The number of hydrogen-bond donors (Lipinski definition) is 3. The fourth-order valence-corrected chi connectivity index (χ4v) is 5.59. The Morgan fingerprint density at radius 3 is 2.60 bits per heavy atom. The van der Waals surface area contributed by atoms with Gasteiger partial charge in [0.2, 0.25) is 15.9 Å². The van der Waals surface area contributed by atoms with E-state index in [2.05, 4.69) is 20.5 Å². The lowest BCUT2D eigenvalue weighted by molar-refractivity contribution is -0.126. The average molecular weight is 370 g/mol. The molecule has 25 heavy (non-hydrogen) atoms. The zero-order valence-electron chi connectivity index (χ0n) is 14.7. The molecular formula is C16H26N4O4S. The van der Waals surface area contributed by atoms with Crippen molar-refractivity contribution in [2.75, 3.05) is 13.1 Å². The van der Waals surface area contributed by atoms with Gasteiger partial charge in [-0.1, -0.05) is 18.0 Å². The van der Waals surface area contributed by atoms with Crippen LogP contribution in [0.5, 0.6) is 0 Å². The molecule has 2 aliphatic rings. The van der Waals surface area contributed by atoms with Crippen molar-refractivity contribution >= 4 is 15.9 Å². The van der Waals surface area contributed by atoms with Gasteiger partial charge >= 0.3 is 0 Å². The molecule has 140 valence electrons. The first-order valence-electron chi connectivity index (χ1n) is 8.83. The summed E-state index contributed by atoms with van der Waals surface area (Å²) in [5.74, 6) is -0.0113. The van der Waals surface area contributed by atoms with Crippen LogP contribution in [0.3, 0.4) is 0 Å². The van der Waals surface area contributed by atoms with Crippen molar-refractivity contribution < 1.29 is 17.7 Å². The van der Waals surface area contributed by atoms with Crippen LogP contribution < -0.4 is 15.4 Å². The normalized spacial score (nSPS) is 23.0. The van der Waals surface area contributed by atoms with Gasteiger partial charge in [0.05, 0.1) is 0 Å². The second-order valence-corrected chi connectivity index (χ2v) is 8.67. The Bertz CT molecular complexity index is 712. The quantitative estimate of drug-likeness (QED) is 0.681. The Hall–Kier alpha value is -1.45. The van der Waals surface area contributed by atoms with Crippen LogP contribution in [0.25, 0.3) is 0 Å². The molecule has 2 fully saturated rings. The lowest BCUT2D eigenvalue weighted by atomic mass is 9.98. The first-order chi connectivity index (χ1) is 11.8. The molecule has 0 spiro atoms. The zero-order chi connectivity index (χ0) is 18.1. The summed E-state index contributed by atoms with van der Waals surface area (Å²) in [4.78, 5) is 12.9. The first-order valence-corrected chi connectivity index (χ1v) is 10.3. The molecule has 1 saturated heterocycles. The summed E-state index contributed by atoms with van der Waals surface area (Å²) in [6.07, 6.45) is 4.76. The molecule has 3 rings (SSSR count). The van der Waals surface area contributed by atoms with Crippen molar-refractivity contribution in [2.45, 2.75) is 68.8 Å². The van der Waals surface area contributed by atoms with Gasteiger partial charge < -0.3 is 15.2 Å². The van der Waals surface area contributed by atoms with Gasteiger partial charge in [-0.25, -0.2) is 8.42 Å². The third kappa shape index (κ3) is 3.73. The largest absolute Gasteiger partial charge is 0.360 e. The molecule has 1 aromatic heterocycles. The summed E-state index contributed by atoms with van der Waals surface area (Å²) in [6, 6.07) is 0.265. The van der Waals surface area contributed by atoms with Gasteiger partial charge in [-0.3, -0.25) is 4.79 Å². The third-order valence-corrected chi connectivity index (χ3v) is 6.91. The Labute approximate surface area is 148 Å². The van der Waals surface area contributed by atoms with Crippen LogP contribution in [0.1, 0.15) is 50.0 Å². The number of hydrogen-bond acceptors (Lipinski definition) is 6. The molecule has 0 aromatic carbocycles. The summed E-state index contributed by atoms with van der Waals surface area (Å²) in [7, 11) is -3.89. The van der Waals surface area contributed by atoms with Crippen molar-refractivity contribution in [3.8, 4) is 0 Å². The lowest BCUT2D eigenvalue weighted by Crippen LogP contribution is -2.58. The maximum atomic E-state index is 12.9. The molecule has 1 aromatic rings. The Morgan fingerprint density at radius 1 is 1.32 bits per heavy atom. The number of aryl methyl sites for hydroxylation is 2. The van der Waals surface area contributed by atoms with Crippen LogP contribution in [0.2, 0.25) is 0 Å². The van der Waals surface area contributed by atoms with Gasteiger partial charge in [-0.15, -0.1) is 0 Å². The van der Waals surface area contributed by atoms with Gasteiger partial charge in [-0.05, 0) is 46.1 Å². The van der Waals surface area contributed by atoms with Crippen molar-refractivity contribution in [2.24, 2.45) is 0 Å². The number of nitrogens with zero attached hydrogens (tertiary/aromatic N) is 1. The van der Waals surface area contributed by atoms with Crippen molar-refractivity contribution in [1.29, 1.82) is 0 Å². The molecule has 3 N–H and O–H groups in total. The van der Waals surface area contributed by atoms with Gasteiger partial charge in [0.25, 0.3) is 0 Å². The van der Waals surface area contributed by atoms with E-state index in [9.17, 15) is 13.2 Å². The first kappa shape index (κ1) is 18.3. The van der Waals surface area contributed by atoms with Gasteiger partial charge in [0.15, 0.2) is 5.76 Å². The van der Waals surface area contributed by atoms with Gasteiger partial charge in [-0.2, -0.15) is 4.72 Å². The Morgan fingerprint density at radius 2 is 2.04 bits per heavy atom. The number of nitrogens with one attached hydrogen (secondary N) is 3. The SMILES string of the molecule is Cc1noc(C)c1S(=O)(=O)NC1(C(=O)NCC2CCCN2)CCCC1. The maximum absolute atomic E-state index is 12.9. The highest BCUT2D eigenvalue weighted by molar-refractivity contribution is 7.89. The highest BCUT2D eigenvalue weighted by atomic mass is 32.2. The lowest BCUT2D eigenvalue weighted by Gasteiger charge is -2.29. The number of rotatable bonds is 6. The van der Waals surface area contributed by atoms with Crippen molar-refractivity contribution in [3.63, 3.8) is 0 Å². The summed E-state index contributed by atoms with van der Waals surface area (Å²) in [5, 5.41) is 9.97. The minimum Gasteiger partial charge on any atom is -0.360 e. The summed E-state index contributed by atoms with van der Waals surface area (Å²) < 4.78 is 33.4. The van der Waals surface area contributed by atoms with Crippen molar-refractivity contribution in [1.82, 2.24) is 20.5 Å². The molecule has 1 unspecified atom stereocenters. The van der Waals surface area contributed by atoms with E-state index in [1.165, 1.54) is 0 Å². The standard InChI is InChI=1S/C16H26N4O4S/c1-11-14(12(2)24-19-11)25(22,23)20-16(7-3-4-8-16)15(21)18-10-13-6-5-9-17-13/h13,17,20H,3-10H2,1-2H3,(H,18,21). The van der Waals surface area contributed by atoms with E-state index in [0.29, 0.717) is 25.1 Å². The molecule has 1 aliphatic carbocycles. The Kier molecular flexibility index (Phi) is 5.17. The van der Waals surface area contributed by atoms with Gasteiger partial charge in [0.1, 0.15) is 16.1 Å². The van der Waals surface area contributed by atoms with E-state index in [4.69, 9.17) is 4.52 Å². The number of amides is 1. The van der Waals surface area contributed by atoms with Crippen LogP contribution in [0, 0.1) is 13.8 Å². The van der Waals surface area contributed by atoms with Crippen LogP contribution in [0.4, 0.5) is 0 Å². The highest BCUT2D eigenvalue weighted by Gasteiger charge is 2.45. The summed E-state index contributed by atoms with van der Waals surface area (Å²) in [6.45, 7) is 4.62. The van der Waals surface area contributed by atoms with E-state index in [-0.39, 0.29) is 22.6 Å². The molecule has 9 heteroatoms. The minimum atomic E-state index is -3.89. The topological polar surface area (TPSA) is 113 Å². The predicted molar refractivity (Wildman–Crippen MR) is 91.5 cm³/mol. The van der Waals surface area contributed by atoms with E-state index in [1.54, 1.807) is 13.8 Å². The van der Waals surface area contributed by atoms with Crippen molar-refractivity contribution in [3.05, 3.63) is 11.5 Å². The molecule has 0 bridgehead atoms. The van der Waals surface area contributed by atoms with Crippen LogP contribution in [0.15, 0.2) is 9.42 Å². The van der Waals surface area contributed by atoms with Crippen LogP contribution in [-0.4, -0.2) is 44.2 Å². The molecular weight excluding hydrogens is 344 g/mol. The fourth-order valence-electron chi connectivity index (χ4n) is 3.84. The van der Waals surface area contributed by atoms with Gasteiger partial charge in [0, 0.05) is 12.6 Å². The number of carbonyl (C=O) groups is 1. The zero-order valence-corrected chi connectivity index (χ0v) is 15.5. The second-order valence-electron chi connectivity index (χ2n) is 7.05. The number of carbonyl (C=O) groups excluding carboxylic acids is 1. The van der Waals surface area contributed by atoms with E-state index < -0.39 is 15.6 Å². The molecule has 0 radical (unpaired) electrons. The maximum Gasteiger partial charge on any atom is 0.246 e. The monoisotopic (exact) mass is 370 g/mol. The smallest absolute Gasteiger partial charge is 0.246 e. The second kappa shape index (κ2) is 7.05. The average Bonchev–Trinajstić information content (AvgIpc) is 3.27. The van der Waals surface area contributed by atoms with E-state index in [1.807, 2.05) is 0 Å². The summed E-state index contributed by atoms with van der Waals surface area (Å²) >= 11 is 0. The summed E-state index contributed by atoms with van der Waals surface area (Å²) in [5.41, 5.74) is -0.790. The van der Waals surface area contributed by atoms with E-state index >= 15 is 0 Å². The molecule has 1 aliphatic heterocycles. The molecule has 8 nitrogen and oxygen atoms in total. The number of aromatic nitrogens is 1. The van der Waals surface area contributed by atoms with Crippen LogP contribution in [-0.2, 0) is 14.8 Å². The minimum absolute atomic E-state index is 0.0315. The number of sulfonamides is 1. The molecule has 1 amide bonds. The predicted octanol–water partition coefficient (Wildman–Crippen LogP) is 0.751.